The van der Waals surface area contributed by atoms with Crippen molar-refractivity contribution in [3.05, 3.63) is 35.9 Å². The van der Waals surface area contributed by atoms with Crippen molar-refractivity contribution in [3.8, 4) is 0 Å². The highest BCUT2D eigenvalue weighted by Crippen LogP contribution is 2.00. The fraction of sp³-hybridized carbons (Fsp3) is 0.200. The zero-order chi connectivity index (χ0) is 11.1. The third-order valence-corrected chi connectivity index (χ3v) is 1.48. The van der Waals surface area contributed by atoms with Gasteiger partial charge in [0.1, 0.15) is 6.61 Å². The van der Waals surface area contributed by atoms with Crippen LogP contribution in [0.15, 0.2) is 30.3 Å². The minimum Gasteiger partial charge on any atom is -0.428 e. The lowest BCUT2D eigenvalue weighted by Gasteiger charge is -2.04. The van der Waals surface area contributed by atoms with E-state index in [1.54, 1.807) is 0 Å². The Kier molecular flexibility index (Phi) is 4.15. The highest BCUT2D eigenvalue weighted by molar-refractivity contribution is 5.73. The molecule has 1 amide bonds. The molecule has 0 heterocycles. The summed E-state index contributed by atoms with van der Waals surface area (Å²) in [6, 6.07) is 9.15. The standard InChI is InChI=1S/C10H11NO4/c1-8(12)11-15-10(13)14-7-9-5-3-2-4-6-9/h2-6H,7H2,1H3,(H,11,12). The Morgan fingerprint density at radius 1 is 1.27 bits per heavy atom. The second-order valence-corrected chi connectivity index (χ2v) is 2.78. The summed E-state index contributed by atoms with van der Waals surface area (Å²) in [6.07, 6.45) is -0.936. The number of hydrogen-bond donors (Lipinski definition) is 1. The van der Waals surface area contributed by atoms with Crippen LogP contribution >= 0.6 is 0 Å². The number of carbonyl (C=O) groups excluding carboxylic acids is 2. The van der Waals surface area contributed by atoms with Gasteiger partial charge in [-0.25, -0.2) is 4.79 Å². The topological polar surface area (TPSA) is 64.6 Å². The van der Waals surface area contributed by atoms with Gasteiger partial charge in [0.05, 0.1) is 0 Å². The van der Waals surface area contributed by atoms with E-state index in [1.807, 2.05) is 35.8 Å². The van der Waals surface area contributed by atoms with Gasteiger partial charge in [-0.05, 0) is 5.56 Å². The number of ether oxygens (including phenoxy) is 1. The highest BCUT2D eigenvalue weighted by atomic mass is 16.8. The van der Waals surface area contributed by atoms with E-state index in [4.69, 9.17) is 4.74 Å². The lowest BCUT2D eigenvalue weighted by molar-refractivity contribution is -0.129. The molecule has 80 valence electrons. The zero-order valence-electron chi connectivity index (χ0n) is 8.23. The summed E-state index contributed by atoms with van der Waals surface area (Å²) in [5.41, 5.74) is 2.71. The maximum absolute atomic E-state index is 10.9. The Morgan fingerprint density at radius 3 is 2.53 bits per heavy atom. The van der Waals surface area contributed by atoms with Crippen molar-refractivity contribution in [2.75, 3.05) is 0 Å². The third-order valence-electron chi connectivity index (χ3n) is 1.48. The summed E-state index contributed by atoms with van der Waals surface area (Å²) in [5.74, 6) is -0.466. The van der Waals surface area contributed by atoms with Crippen LogP contribution in [0.5, 0.6) is 0 Å². The van der Waals surface area contributed by atoms with Gasteiger partial charge in [-0.2, -0.15) is 5.48 Å². The molecule has 0 atom stereocenters. The van der Waals surface area contributed by atoms with E-state index in [-0.39, 0.29) is 6.61 Å². The molecule has 1 N–H and O–H groups in total. The van der Waals surface area contributed by atoms with Crippen molar-refractivity contribution in [2.24, 2.45) is 0 Å². The average molecular weight is 209 g/mol. The Balaban J connectivity index is 2.26. The largest absolute Gasteiger partial charge is 0.533 e. The molecule has 0 saturated carbocycles. The van der Waals surface area contributed by atoms with Crippen LogP contribution in [0.3, 0.4) is 0 Å². The van der Waals surface area contributed by atoms with Crippen molar-refractivity contribution in [1.82, 2.24) is 5.48 Å². The number of rotatable bonds is 2. The van der Waals surface area contributed by atoms with Crippen LogP contribution in [0.2, 0.25) is 0 Å². The molecular weight excluding hydrogens is 198 g/mol. The molecule has 1 aromatic rings. The zero-order valence-corrected chi connectivity index (χ0v) is 8.23. The number of nitrogens with one attached hydrogen (secondary N) is 1. The SMILES string of the molecule is CC(=O)NOC(=O)OCc1ccccc1. The predicted molar refractivity (Wildman–Crippen MR) is 51.5 cm³/mol. The Morgan fingerprint density at radius 2 is 1.93 bits per heavy atom. The van der Waals surface area contributed by atoms with Crippen LogP contribution in [-0.2, 0) is 21.0 Å². The molecule has 5 nitrogen and oxygen atoms in total. The normalized spacial score (nSPS) is 9.13. The van der Waals surface area contributed by atoms with Gasteiger partial charge in [0.25, 0.3) is 0 Å². The number of carbonyl (C=O) groups is 2. The van der Waals surface area contributed by atoms with E-state index < -0.39 is 12.1 Å². The highest BCUT2D eigenvalue weighted by Gasteiger charge is 2.04. The third kappa shape index (κ3) is 4.66. The van der Waals surface area contributed by atoms with Crippen LogP contribution in [-0.4, -0.2) is 12.1 Å². The maximum Gasteiger partial charge on any atom is 0.533 e. The molecule has 1 aromatic carbocycles. The quantitative estimate of drug-likeness (QED) is 0.590. The Hall–Kier alpha value is -2.04. The molecular formula is C10H11NO4. The first-order valence-electron chi connectivity index (χ1n) is 4.32. The van der Waals surface area contributed by atoms with Crippen LogP contribution in [0.4, 0.5) is 4.79 Å². The second-order valence-electron chi connectivity index (χ2n) is 2.78. The number of hydroxylamine groups is 1. The van der Waals surface area contributed by atoms with Crippen molar-refractivity contribution < 1.29 is 19.2 Å². The summed E-state index contributed by atoms with van der Waals surface area (Å²) >= 11 is 0. The summed E-state index contributed by atoms with van der Waals surface area (Å²) in [6.45, 7) is 1.34. The Bertz CT molecular complexity index is 337. The molecule has 0 radical (unpaired) electrons. The lowest BCUT2D eigenvalue weighted by atomic mass is 10.2. The first-order valence-corrected chi connectivity index (χ1v) is 4.32. The van der Waals surface area contributed by atoms with Crippen LogP contribution in [0.25, 0.3) is 0 Å². The van der Waals surface area contributed by atoms with E-state index in [2.05, 4.69) is 4.84 Å². The molecule has 0 unspecified atom stereocenters. The van der Waals surface area contributed by atoms with E-state index in [1.165, 1.54) is 6.92 Å². The average Bonchev–Trinajstić information content (AvgIpc) is 2.25. The molecule has 0 aliphatic carbocycles. The van der Waals surface area contributed by atoms with Gasteiger partial charge in [-0.1, -0.05) is 30.3 Å². The minimum absolute atomic E-state index is 0.110. The maximum atomic E-state index is 10.9. The molecule has 5 heteroatoms. The molecule has 0 fully saturated rings. The molecule has 0 aliphatic rings. The van der Waals surface area contributed by atoms with Crippen LogP contribution in [0.1, 0.15) is 12.5 Å². The van der Waals surface area contributed by atoms with Crippen molar-refractivity contribution in [1.29, 1.82) is 0 Å². The van der Waals surface area contributed by atoms with Crippen molar-refractivity contribution in [2.45, 2.75) is 13.5 Å². The Labute approximate surface area is 86.9 Å². The van der Waals surface area contributed by atoms with Gasteiger partial charge < -0.3 is 9.57 Å². The van der Waals surface area contributed by atoms with Crippen LogP contribution in [0, 0.1) is 0 Å². The molecule has 0 saturated heterocycles. The van der Waals surface area contributed by atoms with E-state index >= 15 is 0 Å². The van der Waals surface area contributed by atoms with Gasteiger partial charge in [0.15, 0.2) is 0 Å². The molecule has 0 aliphatic heterocycles. The summed E-state index contributed by atoms with van der Waals surface area (Å²) in [5, 5.41) is 0. The van der Waals surface area contributed by atoms with Gasteiger partial charge in [0, 0.05) is 6.92 Å². The van der Waals surface area contributed by atoms with Crippen molar-refractivity contribution >= 4 is 12.1 Å². The van der Waals surface area contributed by atoms with E-state index in [0.717, 1.165) is 5.56 Å². The predicted octanol–water partition coefficient (Wildman–Crippen LogP) is 1.39. The minimum atomic E-state index is -0.936. The first-order chi connectivity index (χ1) is 7.18. The summed E-state index contributed by atoms with van der Waals surface area (Å²) in [4.78, 5) is 25.5. The number of benzene rings is 1. The second kappa shape index (κ2) is 5.64. The molecule has 15 heavy (non-hydrogen) atoms. The van der Waals surface area contributed by atoms with Crippen molar-refractivity contribution in [3.63, 3.8) is 0 Å². The lowest BCUT2D eigenvalue weighted by Crippen LogP contribution is -2.24. The van der Waals surface area contributed by atoms with E-state index in [9.17, 15) is 9.59 Å². The summed E-state index contributed by atoms with van der Waals surface area (Å²) < 4.78 is 4.70. The van der Waals surface area contributed by atoms with Gasteiger partial charge in [0.2, 0.25) is 5.91 Å². The molecule has 1 rings (SSSR count). The number of hydrogen-bond acceptors (Lipinski definition) is 4. The van der Waals surface area contributed by atoms with Gasteiger partial charge >= 0.3 is 6.16 Å². The van der Waals surface area contributed by atoms with E-state index in [0.29, 0.717) is 0 Å². The molecule has 0 spiro atoms. The van der Waals surface area contributed by atoms with Crippen LogP contribution < -0.4 is 5.48 Å². The smallest absolute Gasteiger partial charge is 0.428 e. The fourth-order valence-electron chi connectivity index (χ4n) is 0.859. The molecule has 0 bridgehead atoms. The van der Waals surface area contributed by atoms with Gasteiger partial charge in [-0.3, -0.25) is 4.79 Å². The monoisotopic (exact) mass is 209 g/mol. The molecule has 0 aromatic heterocycles. The van der Waals surface area contributed by atoms with Gasteiger partial charge in [-0.15, -0.1) is 0 Å². The number of amides is 1. The fourth-order valence-corrected chi connectivity index (χ4v) is 0.859. The first kappa shape index (κ1) is 11.0. The summed E-state index contributed by atoms with van der Waals surface area (Å²) in [7, 11) is 0.